The SMILES string of the molecule is CC1(C)OB(c2ccc3c(c2)C2CNCC[C@@H]2N3)OC1(C)C. The third-order valence-corrected chi connectivity index (χ3v) is 5.82. The summed E-state index contributed by atoms with van der Waals surface area (Å²) in [6.07, 6.45) is 1.19. The maximum atomic E-state index is 6.19. The molecule has 4 nitrogen and oxygen atoms in total. The van der Waals surface area contributed by atoms with Gasteiger partial charge >= 0.3 is 7.12 Å². The van der Waals surface area contributed by atoms with Gasteiger partial charge in [0.05, 0.1) is 11.2 Å². The van der Waals surface area contributed by atoms with Gasteiger partial charge in [-0.15, -0.1) is 0 Å². The fourth-order valence-electron chi connectivity index (χ4n) is 3.70. The van der Waals surface area contributed by atoms with Crippen molar-refractivity contribution < 1.29 is 9.31 Å². The highest BCUT2D eigenvalue weighted by atomic mass is 16.7. The lowest BCUT2D eigenvalue weighted by molar-refractivity contribution is 0.00578. The van der Waals surface area contributed by atoms with Crippen molar-refractivity contribution in [2.45, 2.75) is 57.3 Å². The van der Waals surface area contributed by atoms with E-state index in [-0.39, 0.29) is 18.3 Å². The van der Waals surface area contributed by atoms with E-state index < -0.39 is 0 Å². The predicted molar refractivity (Wildman–Crippen MR) is 89.8 cm³/mol. The van der Waals surface area contributed by atoms with Gasteiger partial charge in [-0.2, -0.15) is 0 Å². The summed E-state index contributed by atoms with van der Waals surface area (Å²) in [7, 11) is -0.272. The Balaban J connectivity index is 1.64. The third-order valence-electron chi connectivity index (χ3n) is 5.82. The van der Waals surface area contributed by atoms with Gasteiger partial charge in [-0.25, -0.2) is 0 Å². The molecule has 0 aliphatic carbocycles. The van der Waals surface area contributed by atoms with Crippen molar-refractivity contribution >= 4 is 18.3 Å². The summed E-state index contributed by atoms with van der Waals surface area (Å²) in [5.74, 6) is 0.561. The minimum atomic E-state index is -0.288. The van der Waals surface area contributed by atoms with Crippen LogP contribution in [0.15, 0.2) is 18.2 Å². The van der Waals surface area contributed by atoms with E-state index in [2.05, 4.69) is 56.5 Å². The summed E-state index contributed by atoms with van der Waals surface area (Å²) in [6, 6.07) is 7.18. The van der Waals surface area contributed by atoms with E-state index in [1.165, 1.54) is 17.7 Å². The Bertz CT molecular complexity index is 586. The fraction of sp³-hybridized carbons (Fsp3) is 0.647. The summed E-state index contributed by atoms with van der Waals surface area (Å²) in [5.41, 5.74) is 3.24. The number of fused-ring (bicyclic) bond motifs is 3. The minimum absolute atomic E-state index is 0.272. The quantitative estimate of drug-likeness (QED) is 0.777. The first-order chi connectivity index (χ1) is 10.4. The topological polar surface area (TPSA) is 42.5 Å². The Labute approximate surface area is 133 Å². The lowest BCUT2D eigenvalue weighted by Crippen LogP contribution is -2.41. The maximum absolute atomic E-state index is 6.19. The predicted octanol–water partition coefficient (Wildman–Crippen LogP) is 1.86. The standard InChI is InChI=1S/C17H25BN2O2/c1-16(2)17(3,4)22-18(21-16)11-5-6-14-12(9-11)13-10-19-8-7-15(13)20-14/h5-6,9,13,15,19-20H,7-8,10H2,1-4H3/t13?,15-/m0/s1. The molecule has 1 aromatic carbocycles. The van der Waals surface area contributed by atoms with Crippen molar-refractivity contribution in [3.8, 4) is 0 Å². The molecule has 3 heterocycles. The van der Waals surface area contributed by atoms with Crippen molar-refractivity contribution in [1.29, 1.82) is 0 Å². The Morgan fingerprint density at radius 2 is 1.86 bits per heavy atom. The van der Waals surface area contributed by atoms with Crippen LogP contribution in [0.3, 0.4) is 0 Å². The van der Waals surface area contributed by atoms with Crippen molar-refractivity contribution in [2.24, 2.45) is 0 Å². The molecule has 2 saturated heterocycles. The molecule has 1 aromatic rings. The average molecular weight is 300 g/mol. The monoisotopic (exact) mass is 300 g/mol. The van der Waals surface area contributed by atoms with Gasteiger partial charge in [0.25, 0.3) is 0 Å². The van der Waals surface area contributed by atoms with E-state index in [1.807, 2.05) is 0 Å². The van der Waals surface area contributed by atoms with Crippen LogP contribution >= 0.6 is 0 Å². The molecule has 0 saturated carbocycles. The molecule has 5 heteroatoms. The minimum Gasteiger partial charge on any atom is -0.399 e. The van der Waals surface area contributed by atoms with Crippen LogP contribution in [0.2, 0.25) is 0 Å². The molecule has 0 spiro atoms. The molecule has 118 valence electrons. The van der Waals surface area contributed by atoms with Gasteiger partial charge in [-0.1, -0.05) is 12.1 Å². The summed E-state index contributed by atoms with van der Waals surface area (Å²) in [5, 5.41) is 7.17. The number of anilines is 1. The zero-order valence-corrected chi connectivity index (χ0v) is 13.9. The van der Waals surface area contributed by atoms with Crippen molar-refractivity contribution in [3.63, 3.8) is 0 Å². The molecular weight excluding hydrogens is 275 g/mol. The highest BCUT2D eigenvalue weighted by Gasteiger charge is 2.52. The molecule has 2 fully saturated rings. The van der Waals surface area contributed by atoms with Gasteiger partial charge in [-0.3, -0.25) is 0 Å². The van der Waals surface area contributed by atoms with Crippen LogP contribution < -0.4 is 16.1 Å². The van der Waals surface area contributed by atoms with Gasteiger partial charge in [-0.05, 0) is 57.8 Å². The van der Waals surface area contributed by atoms with Gasteiger partial charge in [0.1, 0.15) is 0 Å². The van der Waals surface area contributed by atoms with Gasteiger partial charge in [0.15, 0.2) is 0 Å². The summed E-state index contributed by atoms with van der Waals surface area (Å²) >= 11 is 0. The van der Waals surface area contributed by atoms with Crippen molar-refractivity contribution in [1.82, 2.24) is 5.32 Å². The van der Waals surface area contributed by atoms with Crippen LogP contribution in [0.5, 0.6) is 0 Å². The smallest absolute Gasteiger partial charge is 0.399 e. The van der Waals surface area contributed by atoms with Crippen LogP contribution in [-0.4, -0.2) is 37.5 Å². The highest BCUT2D eigenvalue weighted by Crippen LogP contribution is 2.39. The first-order valence-corrected chi connectivity index (χ1v) is 8.34. The van der Waals surface area contributed by atoms with Gasteiger partial charge < -0.3 is 19.9 Å². The molecule has 2 N–H and O–H groups in total. The van der Waals surface area contributed by atoms with E-state index in [4.69, 9.17) is 9.31 Å². The summed E-state index contributed by atoms with van der Waals surface area (Å²) in [6.45, 7) is 10.6. The molecule has 0 aromatic heterocycles. The molecule has 0 bridgehead atoms. The van der Waals surface area contributed by atoms with Crippen LogP contribution in [-0.2, 0) is 9.31 Å². The molecule has 22 heavy (non-hydrogen) atoms. The number of benzene rings is 1. The molecule has 0 radical (unpaired) electrons. The normalized spacial score (nSPS) is 31.5. The second kappa shape index (κ2) is 4.73. The van der Waals surface area contributed by atoms with Crippen LogP contribution in [0.25, 0.3) is 0 Å². The lowest BCUT2D eigenvalue weighted by atomic mass is 9.77. The highest BCUT2D eigenvalue weighted by molar-refractivity contribution is 6.62. The molecule has 1 unspecified atom stereocenters. The number of hydrogen-bond acceptors (Lipinski definition) is 4. The molecule has 2 atom stereocenters. The molecule has 3 aliphatic rings. The Kier molecular flexibility index (Phi) is 3.13. The number of piperidine rings is 1. The molecule has 3 aliphatic heterocycles. The van der Waals surface area contributed by atoms with Crippen LogP contribution in [0.1, 0.15) is 45.6 Å². The lowest BCUT2D eigenvalue weighted by Gasteiger charge is -2.32. The summed E-state index contributed by atoms with van der Waals surface area (Å²) < 4.78 is 12.4. The van der Waals surface area contributed by atoms with Gasteiger partial charge in [0.2, 0.25) is 0 Å². The van der Waals surface area contributed by atoms with E-state index in [0.717, 1.165) is 18.6 Å². The largest absolute Gasteiger partial charge is 0.494 e. The Morgan fingerprint density at radius 1 is 1.14 bits per heavy atom. The first-order valence-electron chi connectivity index (χ1n) is 8.34. The maximum Gasteiger partial charge on any atom is 0.494 e. The zero-order valence-electron chi connectivity index (χ0n) is 13.9. The van der Waals surface area contributed by atoms with E-state index in [9.17, 15) is 0 Å². The van der Waals surface area contributed by atoms with E-state index in [1.54, 1.807) is 0 Å². The number of nitrogens with one attached hydrogen (secondary N) is 2. The fourth-order valence-corrected chi connectivity index (χ4v) is 3.70. The first kappa shape index (κ1) is 14.6. The van der Waals surface area contributed by atoms with Crippen LogP contribution in [0.4, 0.5) is 5.69 Å². The third kappa shape index (κ3) is 2.10. The second-order valence-corrected chi connectivity index (χ2v) is 7.79. The zero-order chi connectivity index (χ0) is 15.5. The number of rotatable bonds is 1. The van der Waals surface area contributed by atoms with Crippen molar-refractivity contribution in [3.05, 3.63) is 23.8 Å². The van der Waals surface area contributed by atoms with Crippen molar-refractivity contribution in [2.75, 3.05) is 18.4 Å². The van der Waals surface area contributed by atoms with Gasteiger partial charge in [0, 0.05) is 24.2 Å². The molecular formula is C17H25BN2O2. The Morgan fingerprint density at radius 3 is 2.59 bits per heavy atom. The van der Waals surface area contributed by atoms with Crippen LogP contribution in [0, 0.1) is 0 Å². The summed E-state index contributed by atoms with van der Waals surface area (Å²) in [4.78, 5) is 0. The average Bonchev–Trinajstić information content (AvgIpc) is 2.93. The second-order valence-electron chi connectivity index (χ2n) is 7.79. The van der Waals surface area contributed by atoms with E-state index >= 15 is 0 Å². The molecule has 4 rings (SSSR count). The number of hydrogen-bond donors (Lipinski definition) is 2. The Hall–Kier alpha value is -1.04. The molecule has 0 amide bonds. The van der Waals surface area contributed by atoms with E-state index in [0.29, 0.717) is 12.0 Å².